The largest absolute Gasteiger partial charge is 0.452 e. The second-order valence-electron chi connectivity index (χ2n) is 9.14. The fraction of sp³-hybridized carbons (Fsp3) is 0.233. The van der Waals surface area contributed by atoms with Crippen molar-refractivity contribution in [1.82, 2.24) is 14.7 Å². The third kappa shape index (κ3) is 4.29. The number of hydrogen-bond donors (Lipinski definition) is 0. The normalized spacial score (nSPS) is 23.3. The molecule has 0 spiro atoms. The molecule has 5 heteroatoms. The van der Waals surface area contributed by atoms with Gasteiger partial charge in [-0.05, 0) is 30.8 Å². The Bertz CT molecular complexity index is 1160. The molecule has 178 valence electrons. The molecule has 5 rings (SSSR count). The van der Waals surface area contributed by atoms with Crippen LogP contribution in [0.3, 0.4) is 0 Å². The highest BCUT2D eigenvalue weighted by molar-refractivity contribution is 5.71. The molecule has 0 bridgehead atoms. The summed E-state index contributed by atoms with van der Waals surface area (Å²) in [6.07, 6.45) is 5.81. The zero-order chi connectivity index (χ0) is 24.4. The molecule has 1 fully saturated rings. The fourth-order valence-corrected chi connectivity index (χ4v) is 5.57. The number of rotatable bonds is 4. The predicted molar refractivity (Wildman–Crippen MR) is 138 cm³/mol. The average molecular weight is 466 g/mol. The van der Waals surface area contributed by atoms with Gasteiger partial charge in [0.05, 0.1) is 31.4 Å². The Balaban J connectivity index is 1.55. The summed E-state index contributed by atoms with van der Waals surface area (Å²) >= 11 is 0. The van der Waals surface area contributed by atoms with E-state index in [1.54, 1.807) is 4.90 Å². The molecule has 0 aromatic heterocycles. The van der Waals surface area contributed by atoms with Crippen molar-refractivity contribution in [2.45, 2.75) is 24.3 Å². The molecule has 3 aromatic rings. The van der Waals surface area contributed by atoms with Crippen LogP contribution < -0.4 is 0 Å². The van der Waals surface area contributed by atoms with Gasteiger partial charge < -0.3 is 4.74 Å². The van der Waals surface area contributed by atoms with Gasteiger partial charge in [-0.2, -0.15) is 0 Å². The van der Waals surface area contributed by atoms with Gasteiger partial charge >= 0.3 is 6.09 Å². The highest BCUT2D eigenvalue weighted by Crippen LogP contribution is 2.47. The van der Waals surface area contributed by atoms with Crippen LogP contribution in [0.5, 0.6) is 0 Å². The average Bonchev–Trinajstić information content (AvgIpc) is 3.19. The van der Waals surface area contributed by atoms with Crippen molar-refractivity contribution in [1.29, 1.82) is 0 Å². The molecule has 0 N–H and O–H groups in total. The smallest absolute Gasteiger partial charge is 0.414 e. The number of ether oxygens (including phenoxy) is 1. The molecule has 2 heterocycles. The summed E-state index contributed by atoms with van der Waals surface area (Å²) in [4.78, 5) is 19.3. The second-order valence-corrected chi connectivity index (χ2v) is 9.14. The van der Waals surface area contributed by atoms with Crippen LogP contribution in [0.1, 0.15) is 34.8 Å². The maximum atomic E-state index is 12.8. The monoisotopic (exact) mass is 465 g/mol. The van der Waals surface area contributed by atoms with E-state index < -0.39 is 0 Å². The Labute approximate surface area is 207 Å². The van der Waals surface area contributed by atoms with Gasteiger partial charge in [0.1, 0.15) is 0 Å². The standard InChI is InChI=1S/C30H31N3O2/c1-31-27(23-15-9-5-10-16-23)28(24-17-11-6-12-18-24)32(2)29(31)25-19-20-26(22-13-7-4-8-14-22)33(21-25)30(34)35-3/h4-21,26-29H,1-3H3/t26?,27-,28-/m0/s1. The summed E-state index contributed by atoms with van der Waals surface area (Å²) in [5.74, 6) is 0. The molecular weight excluding hydrogens is 434 g/mol. The summed E-state index contributed by atoms with van der Waals surface area (Å²) in [5, 5.41) is 0. The predicted octanol–water partition coefficient (Wildman–Crippen LogP) is 5.94. The molecule has 2 aliphatic rings. The lowest BCUT2D eigenvalue weighted by Crippen LogP contribution is -2.40. The first kappa shape index (κ1) is 23.1. The maximum absolute atomic E-state index is 12.8. The Kier molecular flexibility index (Phi) is 6.53. The van der Waals surface area contributed by atoms with E-state index in [9.17, 15) is 4.79 Å². The van der Waals surface area contributed by atoms with E-state index in [1.165, 1.54) is 18.2 Å². The van der Waals surface area contributed by atoms with Crippen LogP contribution in [0.25, 0.3) is 0 Å². The maximum Gasteiger partial charge on any atom is 0.414 e. The molecule has 2 aliphatic heterocycles. The van der Waals surface area contributed by atoms with E-state index >= 15 is 0 Å². The van der Waals surface area contributed by atoms with Crippen LogP contribution in [0, 0.1) is 0 Å². The summed E-state index contributed by atoms with van der Waals surface area (Å²) in [6, 6.07) is 31.4. The molecule has 0 aliphatic carbocycles. The number of nitrogens with zero attached hydrogens (tertiary/aromatic N) is 3. The zero-order valence-corrected chi connectivity index (χ0v) is 20.4. The van der Waals surface area contributed by atoms with Crippen LogP contribution in [0.2, 0.25) is 0 Å². The number of carbonyl (C=O) groups excluding carboxylic acids is 1. The number of methoxy groups -OCH3 is 1. The Morgan fingerprint density at radius 3 is 1.63 bits per heavy atom. The van der Waals surface area contributed by atoms with Crippen LogP contribution in [-0.2, 0) is 4.74 Å². The van der Waals surface area contributed by atoms with Crippen molar-refractivity contribution >= 4 is 6.09 Å². The molecular formula is C30H31N3O2. The van der Waals surface area contributed by atoms with Gasteiger partial charge in [-0.1, -0.05) is 103 Å². The first-order valence-electron chi connectivity index (χ1n) is 11.9. The van der Waals surface area contributed by atoms with Crippen molar-refractivity contribution in [3.05, 3.63) is 132 Å². The lowest BCUT2D eigenvalue weighted by molar-refractivity contribution is 0.129. The number of carbonyl (C=O) groups is 1. The summed E-state index contributed by atoms with van der Waals surface area (Å²) in [6.45, 7) is 0. The van der Waals surface area contributed by atoms with Gasteiger partial charge in [0.25, 0.3) is 0 Å². The van der Waals surface area contributed by atoms with E-state index in [1.807, 2.05) is 36.5 Å². The minimum absolute atomic E-state index is 0.0226. The summed E-state index contributed by atoms with van der Waals surface area (Å²) < 4.78 is 5.17. The topological polar surface area (TPSA) is 36.0 Å². The number of likely N-dealkylation sites (N-methyl/N-ethyl adjacent to an activating group) is 2. The number of amides is 1. The van der Waals surface area contributed by atoms with E-state index in [4.69, 9.17) is 4.74 Å². The highest BCUT2D eigenvalue weighted by atomic mass is 16.5. The van der Waals surface area contributed by atoms with Gasteiger partial charge in [-0.25, -0.2) is 4.79 Å². The zero-order valence-electron chi connectivity index (χ0n) is 20.4. The van der Waals surface area contributed by atoms with Crippen LogP contribution in [0.15, 0.2) is 115 Å². The van der Waals surface area contributed by atoms with Gasteiger partial charge in [0.15, 0.2) is 0 Å². The molecule has 5 nitrogen and oxygen atoms in total. The SMILES string of the molecule is COC(=O)N1C=C(C2N(C)[C@@H](c3ccccc3)[C@H](c3ccccc3)N2C)C=CC1c1ccccc1. The molecule has 3 atom stereocenters. The van der Waals surface area contributed by atoms with Crippen molar-refractivity contribution in [3.63, 3.8) is 0 Å². The highest BCUT2D eigenvalue weighted by Gasteiger charge is 2.46. The van der Waals surface area contributed by atoms with E-state index in [0.717, 1.165) is 11.1 Å². The van der Waals surface area contributed by atoms with E-state index in [0.29, 0.717) is 0 Å². The minimum Gasteiger partial charge on any atom is -0.452 e. The first-order chi connectivity index (χ1) is 17.1. The molecule has 1 amide bonds. The van der Waals surface area contributed by atoms with Crippen molar-refractivity contribution in [3.8, 4) is 0 Å². The van der Waals surface area contributed by atoms with Crippen molar-refractivity contribution < 1.29 is 9.53 Å². The second kappa shape index (κ2) is 9.90. The number of hydrogen-bond acceptors (Lipinski definition) is 4. The summed E-state index contributed by atoms with van der Waals surface area (Å²) in [5.41, 5.74) is 4.63. The minimum atomic E-state index is -0.372. The van der Waals surface area contributed by atoms with Crippen molar-refractivity contribution in [2.24, 2.45) is 0 Å². The first-order valence-corrected chi connectivity index (χ1v) is 11.9. The lowest BCUT2D eigenvalue weighted by Gasteiger charge is -2.34. The number of benzene rings is 3. The van der Waals surface area contributed by atoms with E-state index in [2.05, 4.69) is 96.7 Å². The lowest BCUT2D eigenvalue weighted by atomic mass is 9.93. The van der Waals surface area contributed by atoms with Gasteiger partial charge in [0.2, 0.25) is 0 Å². The third-order valence-electron chi connectivity index (χ3n) is 7.11. The molecule has 1 unspecified atom stereocenters. The van der Waals surface area contributed by atoms with E-state index in [-0.39, 0.29) is 30.4 Å². The third-order valence-corrected chi connectivity index (χ3v) is 7.11. The van der Waals surface area contributed by atoms with Gasteiger partial charge in [0, 0.05) is 11.8 Å². The van der Waals surface area contributed by atoms with Gasteiger partial charge in [-0.15, -0.1) is 0 Å². The van der Waals surface area contributed by atoms with Crippen LogP contribution in [-0.4, -0.2) is 48.2 Å². The van der Waals surface area contributed by atoms with Gasteiger partial charge in [-0.3, -0.25) is 14.7 Å². The Morgan fingerprint density at radius 2 is 1.17 bits per heavy atom. The summed E-state index contributed by atoms with van der Waals surface area (Å²) in [7, 11) is 5.77. The quantitative estimate of drug-likeness (QED) is 0.478. The van der Waals surface area contributed by atoms with Crippen LogP contribution >= 0.6 is 0 Å². The van der Waals surface area contributed by atoms with Crippen molar-refractivity contribution in [2.75, 3.05) is 21.2 Å². The molecule has 1 saturated heterocycles. The molecule has 0 radical (unpaired) electrons. The fourth-order valence-electron chi connectivity index (χ4n) is 5.57. The molecule has 0 saturated carbocycles. The van der Waals surface area contributed by atoms with Crippen LogP contribution in [0.4, 0.5) is 4.79 Å². The molecule has 3 aromatic carbocycles. The Morgan fingerprint density at radius 1 is 0.714 bits per heavy atom. The molecule has 35 heavy (non-hydrogen) atoms. The Hall–Kier alpha value is -3.67.